The molecular formula is C9H4I2N2O4S. The smallest absolute Gasteiger partial charge is 0.282 e. The van der Waals surface area contributed by atoms with E-state index in [-0.39, 0.29) is 9.50 Å². The minimum Gasteiger partial charge on any atom is -0.282 e. The van der Waals surface area contributed by atoms with Crippen molar-refractivity contribution in [3.8, 4) is 6.07 Å². The lowest BCUT2D eigenvalue weighted by Crippen LogP contribution is -2.01. The molecule has 0 fully saturated rings. The Kier molecular flexibility index (Phi) is 5.47. The van der Waals surface area contributed by atoms with Crippen molar-refractivity contribution in [2.24, 2.45) is 5.16 Å². The number of nitrogens with zero attached hydrogens (tertiary/aromatic N) is 2. The first-order chi connectivity index (χ1) is 8.33. The van der Waals surface area contributed by atoms with E-state index in [0.29, 0.717) is 11.1 Å². The monoisotopic (exact) mass is 490 g/mol. The lowest BCUT2D eigenvalue weighted by atomic mass is 10.1. The van der Waals surface area contributed by atoms with Crippen LogP contribution in [-0.2, 0) is 11.6 Å². The number of hydrogen-bond donors (Lipinski definition) is 0. The van der Waals surface area contributed by atoms with E-state index in [4.69, 9.17) is 5.26 Å². The van der Waals surface area contributed by atoms with Gasteiger partial charge in [-0.2, -0.15) is 13.7 Å². The normalized spacial score (nSPS) is 11.7. The van der Waals surface area contributed by atoms with E-state index >= 15 is 0 Å². The third-order valence-electron chi connectivity index (χ3n) is 1.71. The van der Waals surface area contributed by atoms with Crippen LogP contribution in [0.4, 0.5) is 0 Å². The molecule has 1 aromatic carbocycles. The number of oxime groups is 1. The van der Waals surface area contributed by atoms with Crippen LogP contribution in [0.5, 0.6) is 0 Å². The van der Waals surface area contributed by atoms with Crippen molar-refractivity contribution < 1.29 is 17.5 Å². The van der Waals surface area contributed by atoms with E-state index in [1.165, 1.54) is 24.3 Å². The first-order valence-electron chi connectivity index (χ1n) is 4.25. The molecule has 0 bridgehead atoms. The summed E-state index contributed by atoms with van der Waals surface area (Å²) in [6, 6.07) is 7.70. The van der Waals surface area contributed by atoms with Gasteiger partial charge in [0.25, 0.3) is 0 Å². The molecule has 1 aromatic rings. The second-order valence-corrected chi connectivity index (χ2v) is 8.02. The first kappa shape index (κ1) is 15.3. The molecule has 0 amide bonds. The van der Waals surface area contributed by atoms with Gasteiger partial charge in [-0.05, 0) is 12.1 Å². The average Bonchev–Trinajstić information content (AvgIpc) is 2.29. The molecule has 0 radical (unpaired) electrons. The fourth-order valence-corrected chi connectivity index (χ4v) is 1.74. The molecule has 0 saturated carbocycles. The molecule has 1 rings (SSSR count). The van der Waals surface area contributed by atoms with Crippen molar-refractivity contribution in [3.05, 3.63) is 35.4 Å². The van der Waals surface area contributed by atoms with E-state index < -0.39 is 7.29 Å². The lowest BCUT2D eigenvalue weighted by Gasteiger charge is -1.99. The molecule has 0 unspecified atom stereocenters. The summed E-state index contributed by atoms with van der Waals surface area (Å²) in [5, 5.41) is 12.1. The number of carbonyl (C=O) groups is 1. The van der Waals surface area contributed by atoms with Crippen LogP contribution in [0.1, 0.15) is 15.9 Å². The van der Waals surface area contributed by atoms with Crippen molar-refractivity contribution in [3.63, 3.8) is 0 Å². The Hall–Kier alpha value is -0.740. The van der Waals surface area contributed by atoms with Gasteiger partial charge >= 0.3 is 7.29 Å². The maximum absolute atomic E-state index is 11.0. The average molecular weight is 490 g/mol. The van der Waals surface area contributed by atoms with Crippen LogP contribution in [0.3, 0.4) is 0 Å². The summed E-state index contributed by atoms with van der Waals surface area (Å²) in [5.74, 6) is 0. The Bertz CT molecular complexity index is 632. The van der Waals surface area contributed by atoms with Crippen molar-refractivity contribution >= 4 is 60.6 Å². The Morgan fingerprint density at radius 1 is 1.28 bits per heavy atom. The van der Waals surface area contributed by atoms with E-state index in [2.05, 4.69) is 9.44 Å². The number of benzene rings is 1. The number of carbonyl (C=O) groups excluding carboxylic acids is 1. The maximum Gasteiger partial charge on any atom is 0.383 e. The molecule has 0 aliphatic heterocycles. The quantitative estimate of drug-likeness (QED) is 0.279. The van der Waals surface area contributed by atoms with Crippen LogP contribution in [0.25, 0.3) is 0 Å². The molecule has 94 valence electrons. The zero-order valence-corrected chi connectivity index (χ0v) is 13.6. The number of rotatable bonds is 4. The van der Waals surface area contributed by atoms with Gasteiger partial charge in [0.1, 0.15) is 27.3 Å². The molecule has 0 N–H and O–H groups in total. The lowest BCUT2D eigenvalue weighted by molar-refractivity contribution is 0.110. The highest BCUT2D eigenvalue weighted by Crippen LogP contribution is 2.11. The topological polar surface area (TPSA) is 96.6 Å². The molecule has 0 atom stereocenters. The van der Waals surface area contributed by atoms with Gasteiger partial charge in [-0.15, -0.1) is 0 Å². The van der Waals surface area contributed by atoms with Gasteiger partial charge in [0, 0.05) is 33.7 Å². The van der Waals surface area contributed by atoms with Crippen molar-refractivity contribution in [2.45, 2.75) is 0 Å². The number of halogens is 2. The highest BCUT2D eigenvalue weighted by molar-refractivity contribution is 14.2. The molecule has 0 aliphatic rings. The number of nitriles is 1. The molecule has 0 saturated heterocycles. The third kappa shape index (κ3) is 4.86. The Balaban J connectivity index is 3.04. The minimum absolute atomic E-state index is 0.138. The summed E-state index contributed by atoms with van der Waals surface area (Å²) in [4.78, 5) is 11.0. The highest BCUT2D eigenvalue weighted by atomic mass is 127. The highest BCUT2D eigenvalue weighted by Gasteiger charge is 2.09. The second-order valence-electron chi connectivity index (χ2n) is 2.87. The van der Waals surface area contributed by atoms with Crippen molar-refractivity contribution in [1.82, 2.24) is 0 Å². The molecule has 0 aliphatic carbocycles. The van der Waals surface area contributed by atoms with Gasteiger partial charge in [-0.3, -0.25) is 9.08 Å². The van der Waals surface area contributed by atoms with E-state index in [1.807, 2.05) is 0 Å². The zero-order chi connectivity index (χ0) is 13.8. The summed E-state index contributed by atoms with van der Waals surface area (Å²) in [7, 11) is -3.78. The van der Waals surface area contributed by atoms with Crippen molar-refractivity contribution in [2.75, 3.05) is 0 Å². The predicted molar refractivity (Wildman–Crippen MR) is 81.0 cm³/mol. The van der Waals surface area contributed by atoms with Crippen molar-refractivity contribution in [1.29, 1.82) is 5.26 Å². The van der Waals surface area contributed by atoms with Gasteiger partial charge in [0.05, 0.1) is 0 Å². The fourth-order valence-electron chi connectivity index (χ4n) is 0.979. The Morgan fingerprint density at radius 2 is 1.78 bits per heavy atom. The maximum atomic E-state index is 11.0. The van der Waals surface area contributed by atoms with E-state index in [0.717, 1.165) is 21.2 Å². The predicted octanol–water partition coefficient (Wildman–Crippen LogP) is 2.19. The zero-order valence-electron chi connectivity index (χ0n) is 8.50. The second kappa shape index (κ2) is 6.43. The molecular weight excluding hydrogens is 486 g/mol. The van der Waals surface area contributed by atoms with Gasteiger partial charge in [-0.25, -0.2) is 0 Å². The van der Waals surface area contributed by atoms with Gasteiger partial charge in [0.15, 0.2) is 5.71 Å². The van der Waals surface area contributed by atoms with Crippen LogP contribution in [0.2, 0.25) is 0 Å². The summed E-state index contributed by atoms with van der Waals surface area (Å²) >= 11 is 2.68. The number of hydrogen-bond acceptors (Lipinski definition) is 6. The molecule has 9 heteroatoms. The van der Waals surface area contributed by atoms with E-state index in [1.54, 1.807) is 28.7 Å². The Morgan fingerprint density at radius 3 is 2.17 bits per heavy atom. The van der Waals surface area contributed by atoms with Gasteiger partial charge in [-0.1, -0.05) is 17.3 Å². The van der Waals surface area contributed by atoms with Crippen LogP contribution in [0.15, 0.2) is 29.4 Å². The SMILES string of the molecule is N#CC(=NOS(=O)(=O)I)c1ccc(C(=O)I)cc1. The molecule has 0 heterocycles. The van der Waals surface area contributed by atoms with Gasteiger partial charge < -0.3 is 0 Å². The van der Waals surface area contributed by atoms with Crippen LogP contribution in [0, 0.1) is 11.3 Å². The van der Waals surface area contributed by atoms with Crippen LogP contribution in [-0.4, -0.2) is 17.9 Å². The summed E-state index contributed by atoms with van der Waals surface area (Å²) < 4.78 is 25.5. The summed E-state index contributed by atoms with van der Waals surface area (Å²) in [6.45, 7) is 0. The summed E-state index contributed by atoms with van der Waals surface area (Å²) in [6.07, 6.45) is 0. The third-order valence-corrected chi connectivity index (χ3v) is 3.07. The standard InChI is InChI=1S/C9H4I2N2O4S/c10-9(14)7-3-1-6(2-4-7)8(5-12)13-17-18(11,15)16/h1-4H. The van der Waals surface area contributed by atoms with Crippen LogP contribution >= 0.6 is 43.8 Å². The summed E-state index contributed by atoms with van der Waals surface area (Å²) in [5.41, 5.74) is 0.640. The first-order valence-corrected chi connectivity index (χ1v) is 9.28. The molecule has 6 nitrogen and oxygen atoms in total. The largest absolute Gasteiger partial charge is 0.383 e. The Labute approximate surface area is 129 Å². The molecule has 18 heavy (non-hydrogen) atoms. The van der Waals surface area contributed by atoms with E-state index in [9.17, 15) is 13.2 Å². The minimum atomic E-state index is -3.78. The fraction of sp³-hybridized carbons (Fsp3) is 0. The van der Waals surface area contributed by atoms with Crippen LogP contribution < -0.4 is 0 Å². The molecule has 0 spiro atoms. The van der Waals surface area contributed by atoms with Gasteiger partial charge in [0.2, 0.25) is 3.79 Å². The molecule has 0 aromatic heterocycles.